The monoisotopic (exact) mass is 361 g/mol. The summed E-state index contributed by atoms with van der Waals surface area (Å²) < 4.78 is 50.2. The Morgan fingerprint density at radius 2 is 2.12 bits per heavy atom. The third-order valence-electron chi connectivity index (χ3n) is 3.15. The average molecular weight is 362 g/mol. The van der Waals surface area contributed by atoms with Gasteiger partial charge in [0.1, 0.15) is 22.8 Å². The first kappa shape index (κ1) is 16.1. The quantitative estimate of drug-likeness (QED) is 0.815. The SMILES string of the molecule is NC(=O)c1c(-c2cc3c(cc2F)OCC(=O)N3)noc1C(F)(F)Cl. The second-order valence-corrected chi connectivity index (χ2v) is 5.24. The molecule has 0 spiro atoms. The van der Waals surface area contributed by atoms with Gasteiger partial charge in [-0.1, -0.05) is 5.16 Å². The highest BCUT2D eigenvalue weighted by atomic mass is 35.5. The highest BCUT2D eigenvalue weighted by Gasteiger charge is 2.40. The minimum atomic E-state index is -4.07. The number of ether oxygens (including phenoxy) is 1. The molecule has 0 fully saturated rings. The lowest BCUT2D eigenvalue weighted by molar-refractivity contribution is -0.118. The van der Waals surface area contributed by atoms with Crippen molar-refractivity contribution in [2.75, 3.05) is 11.9 Å². The Bertz CT molecular complexity index is 863. The molecule has 0 radical (unpaired) electrons. The van der Waals surface area contributed by atoms with Crippen molar-refractivity contribution in [3.05, 3.63) is 29.3 Å². The summed E-state index contributed by atoms with van der Waals surface area (Å²) in [7, 11) is 0. The summed E-state index contributed by atoms with van der Waals surface area (Å²) in [5.74, 6) is -4.06. The van der Waals surface area contributed by atoms with Crippen LogP contribution in [-0.4, -0.2) is 23.6 Å². The molecule has 24 heavy (non-hydrogen) atoms. The number of hydrogen-bond acceptors (Lipinski definition) is 5. The van der Waals surface area contributed by atoms with Crippen LogP contribution in [0, 0.1) is 5.82 Å². The Morgan fingerprint density at radius 1 is 1.42 bits per heavy atom. The third kappa shape index (κ3) is 2.64. The molecule has 0 unspecified atom stereocenters. The summed E-state index contributed by atoms with van der Waals surface area (Å²) in [5.41, 5.74) is 3.29. The predicted octanol–water partition coefficient (Wildman–Crippen LogP) is 2.20. The average Bonchev–Trinajstić information content (AvgIpc) is 2.92. The van der Waals surface area contributed by atoms with E-state index in [9.17, 15) is 22.8 Å². The standard InChI is InChI=1S/C13H7ClF3N3O4/c14-13(16,17)11-9(12(18)22)10(20-24-11)4-1-6-7(2-5(4)15)23-3-8(21)19-6/h1-2H,3H2,(H2,18,22)(H,19,21). The van der Waals surface area contributed by atoms with Gasteiger partial charge in [0.2, 0.25) is 5.76 Å². The fourth-order valence-corrected chi connectivity index (χ4v) is 2.31. The van der Waals surface area contributed by atoms with Gasteiger partial charge in [-0.25, -0.2) is 4.39 Å². The van der Waals surface area contributed by atoms with E-state index in [-0.39, 0.29) is 18.0 Å². The summed E-state index contributed by atoms with van der Waals surface area (Å²) in [6.07, 6.45) is 0. The number of nitrogens with zero attached hydrogens (tertiary/aromatic N) is 1. The summed E-state index contributed by atoms with van der Waals surface area (Å²) in [4.78, 5) is 22.8. The molecule has 2 aromatic rings. The predicted molar refractivity (Wildman–Crippen MR) is 74.3 cm³/mol. The lowest BCUT2D eigenvalue weighted by Gasteiger charge is -2.18. The van der Waals surface area contributed by atoms with Gasteiger partial charge in [0.05, 0.1) is 5.69 Å². The largest absolute Gasteiger partial charge is 0.481 e. The molecule has 1 aromatic carbocycles. The topological polar surface area (TPSA) is 107 Å². The number of benzene rings is 1. The fraction of sp³-hybridized carbons (Fsp3) is 0.154. The minimum absolute atomic E-state index is 0.0304. The van der Waals surface area contributed by atoms with Crippen LogP contribution in [0.1, 0.15) is 16.1 Å². The molecule has 7 nitrogen and oxygen atoms in total. The number of nitrogens with one attached hydrogen (secondary N) is 1. The van der Waals surface area contributed by atoms with Gasteiger partial charge in [-0.15, -0.1) is 0 Å². The van der Waals surface area contributed by atoms with Crippen LogP contribution in [0.3, 0.4) is 0 Å². The zero-order valence-electron chi connectivity index (χ0n) is 11.5. The number of carbonyl (C=O) groups excluding carboxylic acids is 2. The van der Waals surface area contributed by atoms with Crippen LogP contribution in [0.2, 0.25) is 0 Å². The number of carbonyl (C=O) groups is 2. The maximum absolute atomic E-state index is 14.3. The van der Waals surface area contributed by atoms with E-state index < -0.39 is 45.6 Å². The molecule has 1 aliphatic heterocycles. The van der Waals surface area contributed by atoms with Crippen molar-refractivity contribution in [2.24, 2.45) is 5.73 Å². The van der Waals surface area contributed by atoms with Crippen molar-refractivity contribution >= 4 is 29.1 Å². The zero-order chi connectivity index (χ0) is 17.6. The number of aromatic nitrogens is 1. The van der Waals surface area contributed by atoms with E-state index in [4.69, 9.17) is 22.1 Å². The first-order chi connectivity index (χ1) is 11.2. The van der Waals surface area contributed by atoms with Crippen molar-refractivity contribution in [3.63, 3.8) is 0 Å². The van der Waals surface area contributed by atoms with E-state index in [0.717, 1.165) is 12.1 Å². The molecular weight excluding hydrogens is 355 g/mol. The highest BCUT2D eigenvalue weighted by Crippen LogP contribution is 2.41. The van der Waals surface area contributed by atoms with Crippen molar-refractivity contribution in [1.29, 1.82) is 0 Å². The van der Waals surface area contributed by atoms with Crippen LogP contribution < -0.4 is 15.8 Å². The maximum atomic E-state index is 14.3. The summed E-state index contributed by atoms with van der Waals surface area (Å²) >= 11 is 4.84. The van der Waals surface area contributed by atoms with Crippen molar-refractivity contribution in [3.8, 4) is 17.0 Å². The van der Waals surface area contributed by atoms with Crippen molar-refractivity contribution in [2.45, 2.75) is 5.38 Å². The summed E-state index contributed by atoms with van der Waals surface area (Å²) in [6, 6.07) is 1.96. The van der Waals surface area contributed by atoms with E-state index in [0.29, 0.717) is 0 Å². The molecule has 1 aliphatic rings. The molecule has 126 valence electrons. The van der Waals surface area contributed by atoms with Crippen LogP contribution in [0.25, 0.3) is 11.3 Å². The number of alkyl halides is 3. The first-order valence-corrected chi connectivity index (χ1v) is 6.69. The fourth-order valence-electron chi connectivity index (χ4n) is 2.18. The van der Waals surface area contributed by atoms with Crippen molar-refractivity contribution in [1.82, 2.24) is 5.16 Å². The molecule has 11 heteroatoms. The number of halogens is 4. The number of amides is 2. The Kier molecular flexibility index (Phi) is 3.63. The molecule has 1 aromatic heterocycles. The molecule has 3 N–H and O–H groups in total. The normalized spacial score (nSPS) is 13.9. The molecular formula is C13H7ClF3N3O4. The Labute approximate surface area is 136 Å². The van der Waals surface area contributed by atoms with Gasteiger partial charge < -0.3 is 20.3 Å². The lowest BCUT2D eigenvalue weighted by atomic mass is 10.0. The molecule has 0 bridgehead atoms. The number of anilines is 1. The van der Waals surface area contributed by atoms with Crippen LogP contribution >= 0.6 is 11.6 Å². The van der Waals surface area contributed by atoms with Gasteiger partial charge in [0.25, 0.3) is 11.8 Å². The van der Waals surface area contributed by atoms with Crippen LogP contribution in [0.5, 0.6) is 5.75 Å². The van der Waals surface area contributed by atoms with Gasteiger partial charge >= 0.3 is 5.38 Å². The van der Waals surface area contributed by atoms with Gasteiger partial charge in [0, 0.05) is 11.6 Å². The van der Waals surface area contributed by atoms with E-state index in [2.05, 4.69) is 15.0 Å². The molecule has 2 heterocycles. The smallest absolute Gasteiger partial charge is 0.383 e. The lowest BCUT2D eigenvalue weighted by Crippen LogP contribution is -2.25. The minimum Gasteiger partial charge on any atom is -0.481 e. The van der Waals surface area contributed by atoms with E-state index in [1.807, 2.05) is 0 Å². The number of hydrogen-bond donors (Lipinski definition) is 2. The number of rotatable bonds is 3. The Balaban J connectivity index is 2.20. The van der Waals surface area contributed by atoms with Gasteiger partial charge in [-0.3, -0.25) is 9.59 Å². The van der Waals surface area contributed by atoms with Crippen LogP contribution in [0.15, 0.2) is 16.7 Å². The van der Waals surface area contributed by atoms with E-state index in [1.165, 1.54) is 0 Å². The van der Waals surface area contributed by atoms with Gasteiger partial charge in [0.15, 0.2) is 6.61 Å². The number of primary amides is 1. The van der Waals surface area contributed by atoms with E-state index >= 15 is 0 Å². The number of nitrogens with two attached hydrogens (primary N) is 1. The molecule has 3 rings (SSSR count). The van der Waals surface area contributed by atoms with Gasteiger partial charge in [-0.2, -0.15) is 8.78 Å². The zero-order valence-corrected chi connectivity index (χ0v) is 12.3. The first-order valence-electron chi connectivity index (χ1n) is 6.31. The van der Waals surface area contributed by atoms with Crippen molar-refractivity contribution < 1.29 is 32.0 Å². The Morgan fingerprint density at radius 3 is 2.75 bits per heavy atom. The molecule has 0 saturated heterocycles. The van der Waals surface area contributed by atoms with Crippen LogP contribution in [-0.2, 0) is 10.2 Å². The molecule has 2 amide bonds. The molecule has 0 aliphatic carbocycles. The van der Waals surface area contributed by atoms with E-state index in [1.54, 1.807) is 0 Å². The second kappa shape index (κ2) is 5.41. The summed E-state index contributed by atoms with van der Waals surface area (Å²) in [6.45, 7) is -0.301. The number of fused-ring (bicyclic) bond motifs is 1. The second-order valence-electron chi connectivity index (χ2n) is 4.76. The molecule has 0 saturated carbocycles. The maximum Gasteiger partial charge on any atom is 0.383 e. The summed E-state index contributed by atoms with van der Waals surface area (Å²) in [5, 5.41) is 1.60. The molecule has 0 atom stereocenters. The highest BCUT2D eigenvalue weighted by molar-refractivity contribution is 6.22. The van der Waals surface area contributed by atoms with Gasteiger partial charge in [-0.05, 0) is 17.7 Å². The third-order valence-corrected chi connectivity index (χ3v) is 3.32. The van der Waals surface area contributed by atoms with Crippen LogP contribution in [0.4, 0.5) is 18.9 Å². The Hall–Kier alpha value is -2.75.